The van der Waals surface area contributed by atoms with Gasteiger partial charge in [0.05, 0.1) is 12.6 Å². The lowest BCUT2D eigenvalue weighted by molar-refractivity contribution is 0.0507. The number of aliphatic imine (C=N–C) groups is 1. The minimum atomic E-state index is -0.511. The van der Waals surface area contributed by atoms with Gasteiger partial charge >= 0.3 is 6.09 Å². The van der Waals surface area contributed by atoms with Gasteiger partial charge in [-0.05, 0) is 51.8 Å². The van der Waals surface area contributed by atoms with Gasteiger partial charge < -0.3 is 26.0 Å². The Morgan fingerprint density at radius 2 is 1.93 bits per heavy atom. The zero-order valence-corrected chi connectivity index (χ0v) is 19.9. The average molecular weight is 517 g/mol. The quantitative estimate of drug-likeness (QED) is 0.316. The van der Waals surface area contributed by atoms with Crippen LogP contribution in [0.3, 0.4) is 0 Å². The zero-order chi connectivity index (χ0) is 20.7. The molecule has 1 fully saturated rings. The number of amides is 2. The molecule has 162 valence electrons. The van der Waals surface area contributed by atoms with Crippen molar-refractivity contribution in [1.29, 1.82) is 0 Å². The van der Waals surface area contributed by atoms with Gasteiger partial charge in [-0.2, -0.15) is 0 Å². The number of hydrogen-bond acceptors (Lipinski definition) is 4. The maximum absolute atomic E-state index is 12.0. The van der Waals surface area contributed by atoms with Crippen molar-refractivity contribution in [3.8, 4) is 0 Å². The number of likely N-dealkylation sites (tertiary alicyclic amines) is 1. The van der Waals surface area contributed by atoms with Gasteiger partial charge in [0.25, 0.3) is 0 Å². The first-order chi connectivity index (χ1) is 13.2. The lowest BCUT2D eigenvalue weighted by atomic mass is 10.1. The fraction of sp³-hybridized carbons (Fsp3) is 0.550. The van der Waals surface area contributed by atoms with E-state index in [1.54, 1.807) is 12.1 Å². The minimum absolute atomic E-state index is 0. The highest BCUT2D eigenvalue weighted by Crippen LogP contribution is 2.13. The molecule has 0 aliphatic carbocycles. The molecule has 1 aromatic carbocycles. The molecule has 0 spiro atoms. The molecule has 1 aromatic rings. The highest BCUT2D eigenvalue weighted by atomic mass is 127. The van der Waals surface area contributed by atoms with Crippen LogP contribution < -0.4 is 16.4 Å². The van der Waals surface area contributed by atoms with Gasteiger partial charge in [0.1, 0.15) is 5.60 Å². The van der Waals surface area contributed by atoms with Crippen LogP contribution in [0.25, 0.3) is 0 Å². The number of carbonyl (C=O) groups is 2. The van der Waals surface area contributed by atoms with E-state index in [1.807, 2.05) is 39.8 Å². The van der Waals surface area contributed by atoms with E-state index in [4.69, 9.17) is 10.5 Å². The van der Waals surface area contributed by atoms with Crippen molar-refractivity contribution in [2.45, 2.75) is 52.3 Å². The van der Waals surface area contributed by atoms with Crippen molar-refractivity contribution in [2.24, 2.45) is 10.7 Å². The summed E-state index contributed by atoms with van der Waals surface area (Å²) in [5.74, 6) is 0.360. The summed E-state index contributed by atoms with van der Waals surface area (Å²) in [5.41, 5.74) is 6.23. The van der Waals surface area contributed by atoms with Gasteiger partial charge in [-0.25, -0.2) is 9.79 Å². The Bertz CT molecular complexity index is 716. The lowest BCUT2D eigenvalue weighted by Gasteiger charge is -2.23. The van der Waals surface area contributed by atoms with Gasteiger partial charge in [0.15, 0.2) is 5.96 Å². The molecule has 1 atom stereocenters. The highest BCUT2D eigenvalue weighted by molar-refractivity contribution is 14.0. The minimum Gasteiger partial charge on any atom is -0.444 e. The van der Waals surface area contributed by atoms with Crippen LogP contribution in [0.1, 0.15) is 50.0 Å². The van der Waals surface area contributed by atoms with Crippen molar-refractivity contribution in [3.05, 3.63) is 35.4 Å². The van der Waals surface area contributed by atoms with Gasteiger partial charge in [-0.15, -0.1) is 24.0 Å². The molecule has 8 nitrogen and oxygen atoms in total. The molecule has 0 aromatic heterocycles. The molecule has 0 bridgehead atoms. The van der Waals surface area contributed by atoms with Crippen LogP contribution in [0.2, 0.25) is 0 Å². The third kappa shape index (κ3) is 8.46. The van der Waals surface area contributed by atoms with E-state index in [1.165, 1.54) is 0 Å². The summed E-state index contributed by atoms with van der Waals surface area (Å²) in [6, 6.07) is 7.13. The molecule has 9 heteroatoms. The number of alkyl carbamates (subject to hydrolysis) is 1. The molecular weight excluding hydrogens is 485 g/mol. The predicted molar refractivity (Wildman–Crippen MR) is 125 cm³/mol. The highest BCUT2D eigenvalue weighted by Gasteiger charge is 2.27. The monoisotopic (exact) mass is 517 g/mol. The molecule has 4 N–H and O–H groups in total. The van der Waals surface area contributed by atoms with Crippen molar-refractivity contribution >= 4 is 41.9 Å². The van der Waals surface area contributed by atoms with Crippen LogP contribution in [0.15, 0.2) is 29.3 Å². The van der Waals surface area contributed by atoms with Crippen LogP contribution in [0, 0.1) is 0 Å². The van der Waals surface area contributed by atoms with Crippen LogP contribution in [-0.2, 0) is 11.3 Å². The number of hydrogen-bond donors (Lipinski definition) is 3. The van der Waals surface area contributed by atoms with E-state index in [0.717, 1.165) is 31.0 Å². The van der Waals surface area contributed by atoms with Crippen LogP contribution >= 0.6 is 24.0 Å². The number of nitrogens with two attached hydrogens (primary N) is 1. The second-order valence-electron chi connectivity index (χ2n) is 7.81. The number of halogens is 1. The second-order valence-corrected chi connectivity index (χ2v) is 7.81. The number of nitrogens with zero attached hydrogens (tertiary/aromatic N) is 2. The molecule has 29 heavy (non-hydrogen) atoms. The normalized spacial score (nSPS) is 16.8. The van der Waals surface area contributed by atoms with Gasteiger partial charge in [-0.3, -0.25) is 4.79 Å². The van der Waals surface area contributed by atoms with Crippen molar-refractivity contribution in [3.63, 3.8) is 0 Å². The Labute approximate surface area is 189 Å². The fourth-order valence-corrected chi connectivity index (χ4v) is 2.91. The summed E-state index contributed by atoms with van der Waals surface area (Å²) >= 11 is 0. The lowest BCUT2D eigenvalue weighted by Crippen LogP contribution is -2.44. The summed E-state index contributed by atoms with van der Waals surface area (Å²) in [7, 11) is 0. The molecular formula is C20H32IN5O3. The standard InChI is InChI=1S/C20H31N5O3.HI/c1-5-22-18(23-12-14-6-8-15(9-7-14)17(21)26)25-11-10-16(13-25)24-19(27)28-20(2,3)4;/h6-9,16H,5,10-13H2,1-4H3,(H2,21,26)(H,22,23)(H,24,27);1H. The number of guanidine groups is 1. The molecule has 1 heterocycles. The van der Waals surface area contributed by atoms with Crippen molar-refractivity contribution in [1.82, 2.24) is 15.5 Å². The molecule has 2 rings (SSSR count). The molecule has 1 unspecified atom stereocenters. The summed E-state index contributed by atoms with van der Waals surface area (Å²) in [4.78, 5) is 29.9. The Morgan fingerprint density at radius 3 is 2.48 bits per heavy atom. The summed E-state index contributed by atoms with van der Waals surface area (Å²) in [5, 5.41) is 6.22. The van der Waals surface area contributed by atoms with E-state index in [2.05, 4.69) is 20.5 Å². The van der Waals surface area contributed by atoms with E-state index in [0.29, 0.717) is 18.7 Å². The first-order valence-corrected chi connectivity index (χ1v) is 9.59. The Morgan fingerprint density at radius 1 is 1.28 bits per heavy atom. The predicted octanol–water partition coefficient (Wildman–Crippen LogP) is 2.47. The maximum atomic E-state index is 12.0. The SMILES string of the molecule is CCNC(=NCc1ccc(C(N)=O)cc1)N1CCC(NC(=O)OC(C)(C)C)C1.I. The van der Waals surface area contributed by atoms with Gasteiger partial charge in [-0.1, -0.05) is 12.1 Å². The smallest absolute Gasteiger partial charge is 0.407 e. The molecule has 2 amide bonds. The number of benzene rings is 1. The van der Waals surface area contributed by atoms with Crippen LogP contribution in [0.5, 0.6) is 0 Å². The zero-order valence-electron chi connectivity index (χ0n) is 17.5. The number of carbonyl (C=O) groups excluding carboxylic acids is 2. The Balaban J connectivity index is 0.00000420. The molecule has 1 aliphatic heterocycles. The molecule has 1 aliphatic rings. The third-order valence-corrected chi connectivity index (χ3v) is 4.19. The molecule has 1 saturated heterocycles. The number of nitrogens with one attached hydrogen (secondary N) is 2. The van der Waals surface area contributed by atoms with E-state index in [9.17, 15) is 9.59 Å². The molecule has 0 saturated carbocycles. The largest absolute Gasteiger partial charge is 0.444 e. The Kier molecular flexibility index (Phi) is 9.67. The maximum Gasteiger partial charge on any atom is 0.407 e. The van der Waals surface area contributed by atoms with Crippen LogP contribution in [-0.4, -0.2) is 54.1 Å². The van der Waals surface area contributed by atoms with E-state index in [-0.39, 0.29) is 30.0 Å². The first-order valence-electron chi connectivity index (χ1n) is 9.59. The number of rotatable bonds is 5. The average Bonchev–Trinajstić information content (AvgIpc) is 3.05. The van der Waals surface area contributed by atoms with Gasteiger partial charge in [0.2, 0.25) is 5.91 Å². The first kappa shape index (κ1) is 25.0. The summed E-state index contributed by atoms with van der Waals surface area (Å²) < 4.78 is 5.33. The van der Waals surface area contributed by atoms with Crippen LogP contribution in [0.4, 0.5) is 4.79 Å². The third-order valence-electron chi connectivity index (χ3n) is 4.19. The van der Waals surface area contributed by atoms with Crippen molar-refractivity contribution < 1.29 is 14.3 Å². The summed E-state index contributed by atoms with van der Waals surface area (Å²) in [6.45, 7) is 10.3. The summed E-state index contributed by atoms with van der Waals surface area (Å²) in [6.07, 6.45) is 0.438. The van der Waals surface area contributed by atoms with E-state index < -0.39 is 17.6 Å². The van der Waals surface area contributed by atoms with Crippen molar-refractivity contribution in [2.75, 3.05) is 19.6 Å². The molecule has 0 radical (unpaired) electrons. The topological polar surface area (TPSA) is 109 Å². The Hall–Kier alpha value is -2.04. The second kappa shape index (κ2) is 11.2. The fourth-order valence-electron chi connectivity index (χ4n) is 2.91. The van der Waals surface area contributed by atoms with E-state index >= 15 is 0 Å². The number of primary amides is 1. The number of ether oxygens (including phenoxy) is 1. The van der Waals surface area contributed by atoms with Gasteiger partial charge in [0, 0.05) is 25.2 Å².